The number of hydrogen-bond acceptors (Lipinski definition) is 2. The number of amides is 2. The van der Waals surface area contributed by atoms with Crippen molar-refractivity contribution < 1.29 is 14.0 Å². The molecule has 0 atom stereocenters. The fraction of sp³-hybridized carbons (Fsp3) is 0.417. The zero-order valence-corrected chi connectivity index (χ0v) is 16.9. The van der Waals surface area contributed by atoms with E-state index in [9.17, 15) is 14.0 Å². The monoisotopic (exact) mass is 396 g/mol. The summed E-state index contributed by atoms with van der Waals surface area (Å²) in [6.07, 6.45) is 3.37. The molecule has 1 saturated carbocycles. The van der Waals surface area contributed by atoms with Gasteiger partial charge in [0.2, 0.25) is 11.8 Å². The minimum absolute atomic E-state index is 0.0138. The Morgan fingerprint density at radius 1 is 0.897 bits per heavy atom. The van der Waals surface area contributed by atoms with Gasteiger partial charge in [-0.15, -0.1) is 0 Å². The summed E-state index contributed by atoms with van der Waals surface area (Å²) in [6.45, 7) is 3.00. The number of benzene rings is 2. The molecular weight excluding hydrogens is 367 g/mol. The van der Waals surface area contributed by atoms with Crippen LogP contribution in [0.4, 0.5) is 4.39 Å². The zero-order valence-electron chi connectivity index (χ0n) is 16.9. The maximum Gasteiger partial charge on any atom is 0.223 e. The first-order chi connectivity index (χ1) is 14.0. The molecule has 1 fully saturated rings. The van der Waals surface area contributed by atoms with Crippen LogP contribution in [0.2, 0.25) is 0 Å². The predicted octanol–water partition coefficient (Wildman–Crippen LogP) is 3.92. The van der Waals surface area contributed by atoms with Crippen molar-refractivity contribution in [3.63, 3.8) is 0 Å². The fourth-order valence-corrected chi connectivity index (χ4v) is 3.82. The first kappa shape index (κ1) is 21.0. The molecule has 0 spiro atoms. The van der Waals surface area contributed by atoms with Crippen molar-refractivity contribution in [1.82, 2.24) is 10.6 Å². The van der Waals surface area contributed by atoms with Gasteiger partial charge in [0.25, 0.3) is 0 Å². The molecule has 154 valence electrons. The lowest BCUT2D eigenvalue weighted by atomic mass is 9.81. The second-order valence-corrected chi connectivity index (χ2v) is 7.88. The van der Waals surface area contributed by atoms with Gasteiger partial charge >= 0.3 is 0 Å². The van der Waals surface area contributed by atoms with E-state index in [1.54, 1.807) is 18.2 Å². The molecule has 29 heavy (non-hydrogen) atoms. The molecule has 0 radical (unpaired) electrons. The van der Waals surface area contributed by atoms with E-state index in [1.165, 1.54) is 11.6 Å². The SMILES string of the molecule is Cc1ccc(CNC(=O)C2CCC(C(=O)NCCc3ccccc3F)CC2)cc1. The highest BCUT2D eigenvalue weighted by atomic mass is 19.1. The van der Waals surface area contributed by atoms with E-state index >= 15 is 0 Å². The number of carbonyl (C=O) groups is 2. The summed E-state index contributed by atoms with van der Waals surface area (Å²) in [5.74, 6) is -0.234. The lowest BCUT2D eigenvalue weighted by Gasteiger charge is -2.27. The van der Waals surface area contributed by atoms with Gasteiger partial charge in [-0.25, -0.2) is 4.39 Å². The Balaban J connectivity index is 1.36. The average molecular weight is 397 g/mol. The summed E-state index contributed by atoms with van der Waals surface area (Å²) in [5.41, 5.74) is 2.90. The van der Waals surface area contributed by atoms with Crippen LogP contribution >= 0.6 is 0 Å². The van der Waals surface area contributed by atoms with Gasteiger partial charge < -0.3 is 10.6 Å². The van der Waals surface area contributed by atoms with Crippen molar-refractivity contribution >= 4 is 11.8 Å². The molecule has 4 nitrogen and oxygen atoms in total. The minimum Gasteiger partial charge on any atom is -0.356 e. The third-order valence-electron chi connectivity index (χ3n) is 5.71. The van der Waals surface area contributed by atoms with Gasteiger partial charge in [-0.2, -0.15) is 0 Å². The Morgan fingerprint density at radius 2 is 1.48 bits per heavy atom. The van der Waals surface area contributed by atoms with E-state index in [2.05, 4.69) is 10.6 Å². The molecule has 0 aliphatic heterocycles. The van der Waals surface area contributed by atoms with Crippen LogP contribution < -0.4 is 10.6 Å². The number of hydrogen-bond donors (Lipinski definition) is 2. The van der Waals surface area contributed by atoms with E-state index < -0.39 is 0 Å². The third kappa shape index (κ3) is 6.14. The van der Waals surface area contributed by atoms with E-state index in [0.29, 0.717) is 37.9 Å². The van der Waals surface area contributed by atoms with Crippen LogP contribution in [0.15, 0.2) is 48.5 Å². The van der Waals surface area contributed by atoms with Gasteiger partial charge in [-0.3, -0.25) is 9.59 Å². The van der Waals surface area contributed by atoms with Crippen LogP contribution in [-0.4, -0.2) is 18.4 Å². The van der Waals surface area contributed by atoms with Crippen LogP contribution in [0.5, 0.6) is 0 Å². The van der Waals surface area contributed by atoms with Crippen molar-refractivity contribution in [2.75, 3.05) is 6.54 Å². The molecule has 0 unspecified atom stereocenters. The maximum absolute atomic E-state index is 13.6. The molecule has 1 aliphatic rings. The van der Waals surface area contributed by atoms with Crippen LogP contribution in [0.25, 0.3) is 0 Å². The summed E-state index contributed by atoms with van der Waals surface area (Å²) in [4.78, 5) is 24.8. The molecule has 2 N–H and O–H groups in total. The zero-order chi connectivity index (χ0) is 20.6. The summed E-state index contributed by atoms with van der Waals surface area (Å²) < 4.78 is 13.6. The lowest BCUT2D eigenvalue weighted by molar-refractivity contribution is -0.130. The highest BCUT2D eigenvalue weighted by Gasteiger charge is 2.29. The quantitative estimate of drug-likeness (QED) is 0.745. The van der Waals surface area contributed by atoms with Crippen LogP contribution in [-0.2, 0) is 22.6 Å². The van der Waals surface area contributed by atoms with Crippen molar-refractivity contribution in [3.05, 3.63) is 71.0 Å². The maximum atomic E-state index is 13.6. The lowest BCUT2D eigenvalue weighted by Crippen LogP contribution is -2.38. The largest absolute Gasteiger partial charge is 0.356 e. The highest BCUT2D eigenvalue weighted by molar-refractivity contribution is 5.81. The van der Waals surface area contributed by atoms with Gasteiger partial charge in [0.05, 0.1) is 0 Å². The third-order valence-corrected chi connectivity index (χ3v) is 5.71. The van der Waals surface area contributed by atoms with Crippen molar-refractivity contribution in [3.8, 4) is 0 Å². The number of nitrogens with one attached hydrogen (secondary N) is 2. The van der Waals surface area contributed by atoms with Crippen LogP contribution in [0.1, 0.15) is 42.4 Å². The summed E-state index contributed by atoms with van der Waals surface area (Å²) in [5, 5.41) is 5.93. The highest BCUT2D eigenvalue weighted by Crippen LogP contribution is 2.29. The molecule has 5 heteroatoms. The Bertz CT molecular complexity index is 827. The number of rotatable bonds is 7. The van der Waals surface area contributed by atoms with E-state index in [1.807, 2.05) is 31.2 Å². The summed E-state index contributed by atoms with van der Waals surface area (Å²) in [6, 6.07) is 14.8. The number of aryl methyl sites for hydroxylation is 1. The molecule has 2 aromatic carbocycles. The first-order valence-electron chi connectivity index (χ1n) is 10.4. The molecular formula is C24H29FN2O2. The van der Waals surface area contributed by atoms with Gasteiger partial charge in [0, 0.05) is 24.9 Å². The smallest absolute Gasteiger partial charge is 0.223 e. The van der Waals surface area contributed by atoms with Crippen molar-refractivity contribution in [1.29, 1.82) is 0 Å². The van der Waals surface area contributed by atoms with Gasteiger partial charge in [-0.05, 0) is 56.2 Å². The second kappa shape index (κ2) is 10.2. The number of carbonyl (C=O) groups excluding carboxylic acids is 2. The Hall–Kier alpha value is -2.69. The first-order valence-corrected chi connectivity index (χ1v) is 10.4. The second-order valence-electron chi connectivity index (χ2n) is 7.88. The van der Waals surface area contributed by atoms with Crippen LogP contribution in [0.3, 0.4) is 0 Å². The van der Waals surface area contributed by atoms with Gasteiger partial charge in [0.1, 0.15) is 5.82 Å². The van der Waals surface area contributed by atoms with Crippen molar-refractivity contribution in [2.24, 2.45) is 11.8 Å². The Morgan fingerprint density at radius 3 is 2.10 bits per heavy atom. The standard InChI is InChI=1S/C24H29FN2O2/c1-17-6-8-18(9-7-17)16-27-24(29)21-12-10-20(11-13-21)23(28)26-15-14-19-4-2-3-5-22(19)25/h2-9,20-21H,10-16H2,1H3,(H,26,28)(H,27,29). The number of halogens is 1. The Labute approximate surface area is 171 Å². The normalized spacial score (nSPS) is 18.8. The molecule has 2 amide bonds. The van der Waals surface area contributed by atoms with Crippen molar-refractivity contribution in [2.45, 2.75) is 45.6 Å². The molecule has 3 rings (SSSR count). The Kier molecular flexibility index (Phi) is 7.39. The van der Waals surface area contributed by atoms with E-state index in [-0.39, 0.29) is 29.5 Å². The van der Waals surface area contributed by atoms with E-state index in [0.717, 1.165) is 18.4 Å². The fourth-order valence-electron chi connectivity index (χ4n) is 3.82. The summed E-state index contributed by atoms with van der Waals surface area (Å²) in [7, 11) is 0. The van der Waals surface area contributed by atoms with Gasteiger partial charge in [-0.1, -0.05) is 48.0 Å². The van der Waals surface area contributed by atoms with E-state index in [4.69, 9.17) is 0 Å². The average Bonchev–Trinajstić information content (AvgIpc) is 2.74. The van der Waals surface area contributed by atoms with Crippen LogP contribution in [0, 0.1) is 24.6 Å². The minimum atomic E-state index is -0.237. The predicted molar refractivity (Wildman–Crippen MR) is 112 cm³/mol. The molecule has 0 bridgehead atoms. The molecule has 2 aromatic rings. The molecule has 0 heterocycles. The molecule has 0 saturated heterocycles. The topological polar surface area (TPSA) is 58.2 Å². The molecule has 0 aromatic heterocycles. The van der Waals surface area contributed by atoms with Gasteiger partial charge in [0.15, 0.2) is 0 Å². The summed E-state index contributed by atoms with van der Waals surface area (Å²) >= 11 is 0. The molecule has 1 aliphatic carbocycles.